The van der Waals surface area contributed by atoms with Crippen LogP contribution in [0.4, 0.5) is 0 Å². The number of benzene rings is 1. The predicted molar refractivity (Wildman–Crippen MR) is 80.2 cm³/mol. The predicted octanol–water partition coefficient (Wildman–Crippen LogP) is 1.83. The SMILES string of the molecule is O=C(c1cccc2c1OCCO2)N1CCC(C2(O)CC2)CC1. The van der Waals surface area contributed by atoms with Crippen molar-refractivity contribution in [2.45, 2.75) is 31.3 Å². The van der Waals surface area contributed by atoms with E-state index in [4.69, 9.17) is 9.47 Å². The summed E-state index contributed by atoms with van der Waals surface area (Å²) in [4.78, 5) is 14.6. The number of carbonyl (C=O) groups excluding carboxylic acids is 1. The molecular formula is C17H21NO4. The maximum absolute atomic E-state index is 12.8. The maximum Gasteiger partial charge on any atom is 0.257 e. The Morgan fingerprint density at radius 2 is 1.91 bits per heavy atom. The van der Waals surface area contributed by atoms with Gasteiger partial charge in [-0.25, -0.2) is 0 Å². The number of piperidine rings is 1. The average molecular weight is 303 g/mol. The van der Waals surface area contributed by atoms with Crippen LogP contribution in [-0.2, 0) is 0 Å². The standard InChI is InChI=1S/C17H21NO4/c19-16(13-2-1-3-14-15(13)22-11-10-21-14)18-8-4-12(5-9-18)17(20)6-7-17/h1-3,12,20H,4-11H2. The molecule has 2 heterocycles. The lowest BCUT2D eigenvalue weighted by Crippen LogP contribution is -2.42. The smallest absolute Gasteiger partial charge is 0.257 e. The second kappa shape index (κ2) is 5.16. The molecule has 1 amide bonds. The van der Waals surface area contributed by atoms with Crippen LogP contribution < -0.4 is 9.47 Å². The zero-order valence-corrected chi connectivity index (χ0v) is 12.6. The van der Waals surface area contributed by atoms with Gasteiger partial charge in [-0.1, -0.05) is 6.07 Å². The van der Waals surface area contributed by atoms with Crippen LogP contribution in [0.15, 0.2) is 18.2 Å². The van der Waals surface area contributed by atoms with Crippen LogP contribution in [0.1, 0.15) is 36.0 Å². The molecule has 0 spiro atoms. The summed E-state index contributed by atoms with van der Waals surface area (Å²) >= 11 is 0. The zero-order chi connectivity index (χ0) is 15.2. The third kappa shape index (κ3) is 2.33. The van der Waals surface area contributed by atoms with Crippen molar-refractivity contribution >= 4 is 5.91 Å². The molecule has 0 atom stereocenters. The minimum Gasteiger partial charge on any atom is -0.486 e. The second-order valence-corrected chi connectivity index (χ2v) is 6.50. The Hall–Kier alpha value is -1.75. The number of nitrogens with zero attached hydrogens (tertiary/aromatic N) is 1. The highest BCUT2D eigenvalue weighted by Gasteiger charge is 2.48. The van der Waals surface area contributed by atoms with E-state index in [1.165, 1.54) is 0 Å². The normalized spacial score (nSPS) is 23.2. The van der Waals surface area contributed by atoms with E-state index in [9.17, 15) is 9.90 Å². The molecule has 4 rings (SSSR count). The number of rotatable bonds is 2. The van der Waals surface area contributed by atoms with E-state index in [0.29, 0.717) is 49.3 Å². The summed E-state index contributed by atoms with van der Waals surface area (Å²) in [6, 6.07) is 5.47. The van der Waals surface area contributed by atoms with Crippen molar-refractivity contribution in [1.82, 2.24) is 4.90 Å². The molecule has 1 aliphatic carbocycles. The first-order valence-corrected chi connectivity index (χ1v) is 8.08. The number of aliphatic hydroxyl groups is 1. The first-order valence-electron chi connectivity index (χ1n) is 8.08. The monoisotopic (exact) mass is 303 g/mol. The van der Waals surface area contributed by atoms with Gasteiger partial charge in [-0.3, -0.25) is 4.79 Å². The van der Waals surface area contributed by atoms with E-state index in [2.05, 4.69) is 0 Å². The van der Waals surface area contributed by atoms with Gasteiger partial charge in [0.25, 0.3) is 5.91 Å². The molecule has 0 bridgehead atoms. The van der Waals surface area contributed by atoms with Gasteiger partial charge in [-0.2, -0.15) is 0 Å². The Balaban J connectivity index is 1.49. The average Bonchev–Trinajstić information content (AvgIpc) is 3.33. The number of carbonyl (C=O) groups is 1. The molecular weight excluding hydrogens is 282 g/mol. The second-order valence-electron chi connectivity index (χ2n) is 6.50. The summed E-state index contributed by atoms with van der Waals surface area (Å²) in [5.74, 6) is 1.57. The van der Waals surface area contributed by atoms with E-state index >= 15 is 0 Å². The van der Waals surface area contributed by atoms with Gasteiger partial charge in [0.2, 0.25) is 0 Å². The van der Waals surface area contributed by atoms with Crippen molar-refractivity contribution in [2.75, 3.05) is 26.3 Å². The van der Waals surface area contributed by atoms with Gasteiger partial charge in [0, 0.05) is 13.1 Å². The lowest BCUT2D eigenvalue weighted by molar-refractivity contribution is 0.0337. The van der Waals surface area contributed by atoms with Crippen LogP contribution in [-0.4, -0.2) is 47.8 Å². The van der Waals surface area contributed by atoms with E-state index in [0.717, 1.165) is 25.7 Å². The Labute approximate surface area is 129 Å². The summed E-state index contributed by atoms with van der Waals surface area (Å²) < 4.78 is 11.2. The molecule has 5 nitrogen and oxygen atoms in total. The molecule has 1 N–H and O–H groups in total. The topological polar surface area (TPSA) is 59.0 Å². The Morgan fingerprint density at radius 3 is 2.64 bits per heavy atom. The highest BCUT2D eigenvalue weighted by molar-refractivity contribution is 5.98. The van der Waals surface area contributed by atoms with E-state index in [1.807, 2.05) is 17.0 Å². The molecule has 2 aliphatic heterocycles. The third-order valence-corrected chi connectivity index (χ3v) is 5.10. The molecule has 1 saturated carbocycles. The zero-order valence-electron chi connectivity index (χ0n) is 12.6. The fourth-order valence-corrected chi connectivity index (χ4v) is 3.57. The lowest BCUT2D eigenvalue weighted by Gasteiger charge is -2.35. The number of hydrogen-bond donors (Lipinski definition) is 1. The van der Waals surface area contributed by atoms with Gasteiger partial charge in [-0.15, -0.1) is 0 Å². The van der Waals surface area contributed by atoms with Crippen molar-refractivity contribution in [3.05, 3.63) is 23.8 Å². The van der Waals surface area contributed by atoms with Crippen LogP contribution in [0.25, 0.3) is 0 Å². The summed E-state index contributed by atoms with van der Waals surface area (Å²) in [6.45, 7) is 2.41. The first-order chi connectivity index (χ1) is 10.7. The van der Waals surface area contributed by atoms with Crippen LogP contribution in [0.3, 0.4) is 0 Å². The largest absolute Gasteiger partial charge is 0.486 e. The summed E-state index contributed by atoms with van der Waals surface area (Å²) in [6.07, 6.45) is 3.61. The lowest BCUT2D eigenvalue weighted by atomic mass is 9.89. The van der Waals surface area contributed by atoms with Gasteiger partial charge < -0.3 is 19.5 Å². The van der Waals surface area contributed by atoms with Crippen LogP contribution in [0.5, 0.6) is 11.5 Å². The fourth-order valence-electron chi connectivity index (χ4n) is 3.57. The van der Waals surface area contributed by atoms with Crippen molar-refractivity contribution in [3.8, 4) is 11.5 Å². The quantitative estimate of drug-likeness (QED) is 0.905. The molecule has 0 radical (unpaired) electrons. The van der Waals surface area contributed by atoms with Crippen LogP contribution in [0.2, 0.25) is 0 Å². The number of amides is 1. The molecule has 118 valence electrons. The first kappa shape index (κ1) is 13.9. The maximum atomic E-state index is 12.8. The highest BCUT2D eigenvalue weighted by Crippen LogP contribution is 2.46. The molecule has 2 fully saturated rings. The van der Waals surface area contributed by atoms with Crippen LogP contribution in [0, 0.1) is 5.92 Å². The molecule has 0 aromatic heterocycles. The summed E-state index contributed by atoms with van der Waals surface area (Å²) in [5.41, 5.74) is 0.152. The Bertz CT molecular complexity index is 588. The molecule has 3 aliphatic rings. The van der Waals surface area contributed by atoms with Gasteiger partial charge >= 0.3 is 0 Å². The van der Waals surface area contributed by atoms with Gasteiger partial charge in [-0.05, 0) is 43.7 Å². The highest BCUT2D eigenvalue weighted by atomic mass is 16.6. The minimum atomic E-state index is -0.433. The molecule has 1 aromatic carbocycles. The molecule has 1 saturated heterocycles. The van der Waals surface area contributed by atoms with E-state index in [-0.39, 0.29) is 5.91 Å². The van der Waals surface area contributed by atoms with Gasteiger partial charge in [0.1, 0.15) is 13.2 Å². The van der Waals surface area contributed by atoms with Gasteiger partial charge in [0.05, 0.1) is 11.2 Å². The summed E-state index contributed by atoms with van der Waals surface area (Å²) in [5, 5.41) is 10.2. The third-order valence-electron chi connectivity index (χ3n) is 5.10. The molecule has 22 heavy (non-hydrogen) atoms. The molecule has 1 aromatic rings. The van der Waals surface area contributed by atoms with E-state index in [1.54, 1.807) is 6.07 Å². The molecule has 0 unspecified atom stereocenters. The summed E-state index contributed by atoms with van der Waals surface area (Å²) in [7, 11) is 0. The van der Waals surface area contributed by atoms with Crippen molar-refractivity contribution < 1.29 is 19.4 Å². The fraction of sp³-hybridized carbons (Fsp3) is 0.588. The number of ether oxygens (including phenoxy) is 2. The minimum absolute atomic E-state index is 0.00332. The molecule has 5 heteroatoms. The number of fused-ring (bicyclic) bond motifs is 1. The Kier molecular flexibility index (Phi) is 3.26. The number of para-hydroxylation sites is 1. The number of hydrogen-bond acceptors (Lipinski definition) is 4. The van der Waals surface area contributed by atoms with Crippen LogP contribution >= 0.6 is 0 Å². The van der Waals surface area contributed by atoms with Crippen molar-refractivity contribution in [3.63, 3.8) is 0 Å². The van der Waals surface area contributed by atoms with Gasteiger partial charge in [0.15, 0.2) is 11.5 Å². The van der Waals surface area contributed by atoms with E-state index < -0.39 is 5.60 Å². The Morgan fingerprint density at radius 1 is 1.18 bits per heavy atom. The van der Waals surface area contributed by atoms with Crippen molar-refractivity contribution in [2.24, 2.45) is 5.92 Å². The number of likely N-dealkylation sites (tertiary alicyclic amines) is 1. The van der Waals surface area contributed by atoms with Crippen molar-refractivity contribution in [1.29, 1.82) is 0 Å².